The van der Waals surface area contributed by atoms with Crippen LogP contribution >= 0.6 is 0 Å². The SMILES string of the molecule is CCC(=O)N(C)c1ccc(-c2ccc(C(=O)NCc3cccnc3C(F)(F)F)cn2)cc1C. The molecule has 2 heterocycles. The van der Waals surface area contributed by atoms with Crippen LogP contribution in [0.4, 0.5) is 18.9 Å². The highest BCUT2D eigenvalue weighted by molar-refractivity contribution is 5.94. The van der Waals surface area contributed by atoms with Gasteiger partial charge in [0.15, 0.2) is 0 Å². The van der Waals surface area contributed by atoms with Gasteiger partial charge < -0.3 is 10.2 Å². The zero-order chi connectivity index (χ0) is 24.2. The Morgan fingerprint density at radius 2 is 1.85 bits per heavy atom. The number of nitrogens with one attached hydrogen (secondary N) is 1. The number of anilines is 1. The molecule has 6 nitrogen and oxygen atoms in total. The van der Waals surface area contributed by atoms with Crippen LogP contribution in [0.5, 0.6) is 0 Å². The van der Waals surface area contributed by atoms with Crippen molar-refractivity contribution in [3.8, 4) is 11.3 Å². The van der Waals surface area contributed by atoms with E-state index in [-0.39, 0.29) is 23.6 Å². The highest BCUT2D eigenvalue weighted by Gasteiger charge is 2.35. The van der Waals surface area contributed by atoms with Gasteiger partial charge in [0.05, 0.1) is 11.3 Å². The third-order valence-corrected chi connectivity index (χ3v) is 5.16. The number of aryl methyl sites for hydroxylation is 1. The average Bonchev–Trinajstić information content (AvgIpc) is 2.81. The van der Waals surface area contributed by atoms with E-state index in [0.29, 0.717) is 12.1 Å². The maximum absolute atomic E-state index is 13.1. The number of aromatic nitrogens is 2. The number of alkyl halides is 3. The van der Waals surface area contributed by atoms with Gasteiger partial charge in [0.1, 0.15) is 5.69 Å². The van der Waals surface area contributed by atoms with E-state index in [1.807, 2.05) is 25.1 Å². The molecule has 1 N–H and O–H groups in total. The molecule has 33 heavy (non-hydrogen) atoms. The molecule has 9 heteroatoms. The van der Waals surface area contributed by atoms with Gasteiger partial charge in [-0.1, -0.05) is 19.1 Å². The molecule has 172 valence electrons. The van der Waals surface area contributed by atoms with Crippen molar-refractivity contribution in [3.05, 3.63) is 77.2 Å². The second kappa shape index (κ2) is 9.81. The first-order valence-corrected chi connectivity index (χ1v) is 10.2. The molecule has 3 rings (SSSR count). The lowest BCUT2D eigenvalue weighted by molar-refractivity contribution is -0.141. The summed E-state index contributed by atoms with van der Waals surface area (Å²) in [5.41, 5.74) is 2.21. The topological polar surface area (TPSA) is 75.2 Å². The van der Waals surface area contributed by atoms with Crippen molar-refractivity contribution >= 4 is 17.5 Å². The van der Waals surface area contributed by atoms with Crippen LogP contribution in [0.2, 0.25) is 0 Å². The molecular weight excluding hydrogens is 433 g/mol. The number of hydrogen-bond donors (Lipinski definition) is 1. The third kappa shape index (κ3) is 5.54. The van der Waals surface area contributed by atoms with E-state index in [9.17, 15) is 22.8 Å². The van der Waals surface area contributed by atoms with Crippen LogP contribution in [0.15, 0.2) is 54.9 Å². The monoisotopic (exact) mass is 456 g/mol. The standard InChI is InChI=1S/C24H23F3N4O2/c1-4-21(32)31(3)20-10-8-16(12-15(20)2)19-9-7-18(14-29-19)23(33)30-13-17-6-5-11-28-22(17)24(25,26)27/h5-12,14H,4,13H2,1-3H3,(H,30,33). The third-order valence-electron chi connectivity index (χ3n) is 5.16. The summed E-state index contributed by atoms with van der Waals surface area (Å²) in [6.45, 7) is 3.39. The van der Waals surface area contributed by atoms with Crippen LogP contribution in [0.25, 0.3) is 11.3 Å². The normalized spacial score (nSPS) is 11.2. The molecule has 0 aliphatic rings. The summed E-state index contributed by atoms with van der Waals surface area (Å²) in [5.74, 6) is -0.537. The molecule has 0 fully saturated rings. The first kappa shape index (κ1) is 23.9. The molecule has 2 aromatic heterocycles. The first-order valence-electron chi connectivity index (χ1n) is 10.2. The Bertz CT molecular complexity index is 1160. The lowest BCUT2D eigenvalue weighted by Gasteiger charge is -2.19. The van der Waals surface area contributed by atoms with Gasteiger partial charge >= 0.3 is 6.18 Å². The van der Waals surface area contributed by atoms with Crippen molar-refractivity contribution in [2.24, 2.45) is 0 Å². The fourth-order valence-electron chi connectivity index (χ4n) is 3.38. The molecule has 3 aromatic rings. The van der Waals surface area contributed by atoms with Gasteiger partial charge in [-0.25, -0.2) is 0 Å². The van der Waals surface area contributed by atoms with E-state index >= 15 is 0 Å². The predicted octanol–water partition coefficient (Wildman–Crippen LogP) is 4.77. The number of pyridine rings is 2. The molecule has 0 saturated carbocycles. The minimum Gasteiger partial charge on any atom is -0.348 e. The maximum Gasteiger partial charge on any atom is 0.433 e. The number of benzene rings is 1. The highest BCUT2D eigenvalue weighted by Crippen LogP contribution is 2.30. The molecule has 0 atom stereocenters. The molecule has 0 saturated heterocycles. The van der Waals surface area contributed by atoms with E-state index in [4.69, 9.17) is 0 Å². The summed E-state index contributed by atoms with van der Waals surface area (Å²) >= 11 is 0. The number of nitrogens with zero attached hydrogens (tertiary/aromatic N) is 3. The summed E-state index contributed by atoms with van der Waals surface area (Å²) in [6.07, 6.45) is -1.77. The van der Waals surface area contributed by atoms with Crippen molar-refractivity contribution in [2.45, 2.75) is 33.0 Å². The average molecular weight is 456 g/mol. The van der Waals surface area contributed by atoms with Crippen LogP contribution in [0, 0.1) is 6.92 Å². The van der Waals surface area contributed by atoms with Crippen LogP contribution in [0.1, 0.15) is 40.5 Å². The van der Waals surface area contributed by atoms with Gasteiger partial charge in [-0.15, -0.1) is 0 Å². The smallest absolute Gasteiger partial charge is 0.348 e. The lowest BCUT2D eigenvalue weighted by Crippen LogP contribution is -2.25. The van der Waals surface area contributed by atoms with E-state index in [1.165, 1.54) is 18.3 Å². The highest BCUT2D eigenvalue weighted by atomic mass is 19.4. The summed E-state index contributed by atoms with van der Waals surface area (Å²) in [6, 6.07) is 11.5. The fourth-order valence-corrected chi connectivity index (χ4v) is 3.38. The Morgan fingerprint density at radius 3 is 2.45 bits per heavy atom. The van der Waals surface area contributed by atoms with Crippen molar-refractivity contribution in [2.75, 3.05) is 11.9 Å². The van der Waals surface area contributed by atoms with Gasteiger partial charge in [0, 0.05) is 49.2 Å². The predicted molar refractivity (Wildman–Crippen MR) is 119 cm³/mol. The van der Waals surface area contributed by atoms with E-state index in [1.54, 1.807) is 31.0 Å². The van der Waals surface area contributed by atoms with Gasteiger partial charge in [0.25, 0.3) is 5.91 Å². The van der Waals surface area contributed by atoms with Gasteiger partial charge in [0.2, 0.25) is 5.91 Å². The summed E-state index contributed by atoms with van der Waals surface area (Å²) in [5, 5.41) is 2.48. The van der Waals surface area contributed by atoms with Crippen LogP contribution in [-0.2, 0) is 17.5 Å². The number of carbonyl (C=O) groups excluding carboxylic acids is 2. The van der Waals surface area contributed by atoms with Gasteiger partial charge in [-0.05, 0) is 42.8 Å². The Hall–Kier alpha value is -3.75. The summed E-state index contributed by atoms with van der Waals surface area (Å²) < 4.78 is 39.2. The maximum atomic E-state index is 13.1. The largest absolute Gasteiger partial charge is 0.433 e. The Labute approximate surface area is 189 Å². The molecule has 0 aliphatic carbocycles. The van der Waals surface area contributed by atoms with Gasteiger partial charge in [-0.2, -0.15) is 13.2 Å². The number of amides is 2. The Balaban J connectivity index is 1.71. The van der Waals surface area contributed by atoms with Crippen LogP contribution < -0.4 is 10.2 Å². The number of rotatable bonds is 6. The second-order valence-corrected chi connectivity index (χ2v) is 7.43. The van der Waals surface area contributed by atoms with Crippen LogP contribution in [0.3, 0.4) is 0 Å². The minimum absolute atomic E-state index is 0.00739. The summed E-state index contributed by atoms with van der Waals surface area (Å²) in [4.78, 5) is 33.6. The quantitative estimate of drug-likeness (QED) is 0.580. The van der Waals surface area contributed by atoms with Crippen molar-refractivity contribution in [1.29, 1.82) is 0 Å². The van der Waals surface area contributed by atoms with Crippen molar-refractivity contribution in [3.63, 3.8) is 0 Å². The van der Waals surface area contributed by atoms with Crippen LogP contribution in [-0.4, -0.2) is 28.8 Å². The number of halogens is 3. The lowest BCUT2D eigenvalue weighted by atomic mass is 10.0. The molecule has 1 aromatic carbocycles. The zero-order valence-corrected chi connectivity index (χ0v) is 18.4. The Kier molecular flexibility index (Phi) is 7.10. The Morgan fingerprint density at radius 1 is 1.09 bits per heavy atom. The molecule has 0 unspecified atom stereocenters. The minimum atomic E-state index is -4.60. The van der Waals surface area contributed by atoms with E-state index in [2.05, 4.69) is 15.3 Å². The number of carbonyl (C=O) groups is 2. The zero-order valence-electron chi connectivity index (χ0n) is 18.4. The molecular formula is C24H23F3N4O2. The van der Waals surface area contributed by atoms with E-state index < -0.39 is 17.8 Å². The molecule has 0 bridgehead atoms. The van der Waals surface area contributed by atoms with Crippen molar-refractivity contribution in [1.82, 2.24) is 15.3 Å². The second-order valence-electron chi connectivity index (χ2n) is 7.43. The molecule has 2 amide bonds. The molecule has 0 radical (unpaired) electrons. The fraction of sp³-hybridized carbons (Fsp3) is 0.250. The number of hydrogen-bond acceptors (Lipinski definition) is 4. The van der Waals surface area contributed by atoms with Crippen molar-refractivity contribution < 1.29 is 22.8 Å². The first-order chi connectivity index (χ1) is 15.6. The molecule has 0 aliphatic heterocycles. The summed E-state index contributed by atoms with van der Waals surface area (Å²) in [7, 11) is 1.72. The van der Waals surface area contributed by atoms with Gasteiger partial charge in [-0.3, -0.25) is 19.6 Å². The van der Waals surface area contributed by atoms with E-state index in [0.717, 1.165) is 23.0 Å². The molecule has 0 spiro atoms.